The molecule has 0 spiro atoms. The molecule has 9 nitrogen and oxygen atoms in total. The van der Waals surface area contributed by atoms with Crippen LogP contribution in [0.1, 0.15) is 50.6 Å². The van der Waals surface area contributed by atoms with Gasteiger partial charge in [-0.25, -0.2) is 4.68 Å². The second-order valence-corrected chi connectivity index (χ2v) is 9.04. The Balaban J connectivity index is 1.65. The summed E-state index contributed by atoms with van der Waals surface area (Å²) in [5.41, 5.74) is 2.20. The lowest BCUT2D eigenvalue weighted by atomic mass is 10.0. The number of amides is 2. The molecule has 4 rings (SSSR count). The Kier molecular flexibility index (Phi) is 8.89. The maximum atomic E-state index is 13.8. The predicted molar refractivity (Wildman–Crippen MR) is 136 cm³/mol. The van der Waals surface area contributed by atoms with Crippen LogP contribution >= 0.6 is 0 Å². The summed E-state index contributed by atoms with van der Waals surface area (Å²) in [6.07, 6.45) is 4.73. The van der Waals surface area contributed by atoms with Gasteiger partial charge in [0.1, 0.15) is 23.9 Å². The topological polar surface area (TPSA) is 98.6 Å². The summed E-state index contributed by atoms with van der Waals surface area (Å²) in [7, 11) is 1.59. The minimum Gasteiger partial charge on any atom is -0.497 e. The van der Waals surface area contributed by atoms with Crippen molar-refractivity contribution < 1.29 is 19.1 Å². The van der Waals surface area contributed by atoms with E-state index in [1.165, 1.54) is 0 Å². The first-order valence-corrected chi connectivity index (χ1v) is 12.7. The quantitative estimate of drug-likeness (QED) is 0.388. The van der Waals surface area contributed by atoms with Crippen molar-refractivity contribution in [2.75, 3.05) is 26.9 Å². The van der Waals surface area contributed by atoms with Gasteiger partial charge in [-0.05, 0) is 56.0 Å². The summed E-state index contributed by atoms with van der Waals surface area (Å²) in [5, 5.41) is 11.6. The molecule has 0 unspecified atom stereocenters. The van der Waals surface area contributed by atoms with Crippen molar-refractivity contribution in [1.29, 1.82) is 0 Å². The number of para-hydroxylation sites is 1. The summed E-state index contributed by atoms with van der Waals surface area (Å²) >= 11 is 0. The number of hydrogen-bond acceptors (Lipinski definition) is 6. The van der Waals surface area contributed by atoms with E-state index in [1.807, 2.05) is 55.5 Å². The van der Waals surface area contributed by atoms with E-state index in [0.717, 1.165) is 36.7 Å². The van der Waals surface area contributed by atoms with Crippen LogP contribution in [0.4, 0.5) is 0 Å². The van der Waals surface area contributed by atoms with Crippen LogP contribution in [0, 0.1) is 0 Å². The third-order valence-electron chi connectivity index (χ3n) is 6.59. The molecule has 3 aromatic rings. The van der Waals surface area contributed by atoms with E-state index in [4.69, 9.17) is 9.47 Å². The number of methoxy groups -OCH3 is 1. The molecular weight excluding hydrogens is 458 g/mol. The molecule has 2 amide bonds. The molecule has 1 aliphatic rings. The highest BCUT2D eigenvalue weighted by Gasteiger charge is 2.33. The maximum Gasteiger partial charge on any atom is 0.247 e. The van der Waals surface area contributed by atoms with E-state index in [0.29, 0.717) is 37.5 Å². The molecule has 1 aliphatic carbocycles. The molecular formula is C27H35N5O4. The van der Waals surface area contributed by atoms with E-state index >= 15 is 0 Å². The number of nitrogens with zero attached hydrogens (tertiary/aromatic N) is 4. The van der Waals surface area contributed by atoms with Crippen LogP contribution in [0.2, 0.25) is 0 Å². The van der Waals surface area contributed by atoms with Gasteiger partial charge in [-0.2, -0.15) is 0 Å². The Hall–Kier alpha value is -3.46. The summed E-state index contributed by atoms with van der Waals surface area (Å²) in [4.78, 5) is 29.2. The summed E-state index contributed by atoms with van der Waals surface area (Å²) < 4.78 is 12.5. The highest BCUT2D eigenvalue weighted by Crippen LogP contribution is 2.27. The number of benzene rings is 2. The number of rotatable bonds is 12. The number of hydrogen-bond donors (Lipinski definition) is 1. The maximum absolute atomic E-state index is 13.8. The molecule has 1 atom stereocenters. The zero-order valence-corrected chi connectivity index (χ0v) is 21.1. The third kappa shape index (κ3) is 6.20. The van der Waals surface area contributed by atoms with Crippen LogP contribution in [-0.2, 0) is 20.9 Å². The highest BCUT2D eigenvalue weighted by molar-refractivity contribution is 5.89. The van der Waals surface area contributed by atoms with Gasteiger partial charge in [0.15, 0.2) is 0 Å². The largest absolute Gasteiger partial charge is 0.497 e. The molecule has 2 aromatic carbocycles. The van der Waals surface area contributed by atoms with Crippen molar-refractivity contribution in [2.45, 2.75) is 57.7 Å². The highest BCUT2D eigenvalue weighted by atomic mass is 16.5. The van der Waals surface area contributed by atoms with Gasteiger partial charge in [0, 0.05) is 25.8 Å². The lowest BCUT2D eigenvalue weighted by Gasteiger charge is -2.32. The van der Waals surface area contributed by atoms with Gasteiger partial charge in [-0.3, -0.25) is 9.59 Å². The monoisotopic (exact) mass is 493 g/mol. The molecule has 0 bridgehead atoms. The first kappa shape index (κ1) is 25.6. The normalized spacial score (nSPS) is 14.6. The Morgan fingerprint density at radius 2 is 1.97 bits per heavy atom. The second-order valence-electron chi connectivity index (χ2n) is 9.04. The lowest BCUT2D eigenvalue weighted by molar-refractivity contribution is -0.142. The Bertz CT molecular complexity index is 1160. The van der Waals surface area contributed by atoms with E-state index in [9.17, 15) is 9.59 Å². The van der Waals surface area contributed by atoms with Crippen LogP contribution in [-0.4, -0.2) is 64.6 Å². The van der Waals surface area contributed by atoms with Crippen molar-refractivity contribution >= 4 is 22.8 Å². The number of ether oxygens (including phenoxy) is 2. The predicted octanol–water partition coefficient (Wildman–Crippen LogP) is 3.50. The minimum atomic E-state index is -0.801. The summed E-state index contributed by atoms with van der Waals surface area (Å²) in [6, 6.07) is 14.2. The average molecular weight is 494 g/mol. The molecule has 0 radical (unpaired) electrons. The second kappa shape index (κ2) is 12.5. The lowest BCUT2D eigenvalue weighted by Crippen LogP contribution is -2.47. The molecule has 1 heterocycles. The van der Waals surface area contributed by atoms with Gasteiger partial charge in [0.25, 0.3) is 0 Å². The number of carbonyl (C=O) groups is 2. The molecule has 192 valence electrons. The summed E-state index contributed by atoms with van der Waals surface area (Å²) in [6.45, 7) is 3.38. The fourth-order valence-electron chi connectivity index (χ4n) is 4.77. The summed E-state index contributed by atoms with van der Waals surface area (Å²) in [5.74, 6) is 0.245. The van der Waals surface area contributed by atoms with Crippen molar-refractivity contribution in [1.82, 2.24) is 25.2 Å². The molecule has 36 heavy (non-hydrogen) atoms. The van der Waals surface area contributed by atoms with Crippen LogP contribution in [0.15, 0.2) is 48.5 Å². The standard InChI is InChI=1S/C27H35N5O4/c1-3-36-17-9-16-31(25(33)19-32-24-15-7-6-14-23(24)29-30-32)26(20-10-8-13-22(18-20)35-2)27(34)28-21-11-4-5-12-21/h6-8,10,13-15,18,21,26H,3-5,9,11-12,16-17,19H2,1-2H3,(H,28,34)/t26-/m0/s1. The minimum absolute atomic E-state index is 0.0215. The van der Waals surface area contributed by atoms with Gasteiger partial charge in [-0.1, -0.05) is 42.3 Å². The Labute approximate surface area is 211 Å². The average Bonchev–Trinajstić information content (AvgIpc) is 3.56. The first-order valence-electron chi connectivity index (χ1n) is 12.7. The van der Waals surface area contributed by atoms with E-state index < -0.39 is 6.04 Å². The van der Waals surface area contributed by atoms with Crippen molar-refractivity contribution in [2.24, 2.45) is 0 Å². The van der Waals surface area contributed by atoms with Gasteiger partial charge in [0.05, 0.1) is 12.6 Å². The fraction of sp³-hybridized carbons (Fsp3) is 0.481. The van der Waals surface area contributed by atoms with Gasteiger partial charge in [-0.15, -0.1) is 5.10 Å². The van der Waals surface area contributed by atoms with Crippen LogP contribution in [0.5, 0.6) is 5.75 Å². The molecule has 0 aliphatic heterocycles. The molecule has 1 saturated carbocycles. The van der Waals surface area contributed by atoms with E-state index in [-0.39, 0.29) is 24.4 Å². The number of nitrogens with one attached hydrogen (secondary N) is 1. The molecule has 9 heteroatoms. The van der Waals surface area contributed by atoms with Crippen molar-refractivity contribution in [3.05, 3.63) is 54.1 Å². The molecule has 1 N–H and O–H groups in total. The van der Waals surface area contributed by atoms with Crippen molar-refractivity contribution in [3.8, 4) is 5.75 Å². The Morgan fingerprint density at radius 1 is 1.17 bits per heavy atom. The SMILES string of the molecule is CCOCCCN(C(=O)Cn1nnc2ccccc21)[C@H](C(=O)NC1CCCC1)c1cccc(OC)c1. The van der Waals surface area contributed by atoms with Gasteiger partial charge < -0.3 is 19.7 Å². The molecule has 0 saturated heterocycles. The molecule has 1 aromatic heterocycles. The van der Waals surface area contributed by atoms with Crippen LogP contribution in [0.25, 0.3) is 11.0 Å². The fourth-order valence-corrected chi connectivity index (χ4v) is 4.77. The van der Waals surface area contributed by atoms with Crippen molar-refractivity contribution in [3.63, 3.8) is 0 Å². The van der Waals surface area contributed by atoms with Crippen LogP contribution < -0.4 is 10.1 Å². The third-order valence-corrected chi connectivity index (χ3v) is 6.59. The molecule has 1 fully saturated rings. The first-order chi connectivity index (χ1) is 17.6. The smallest absolute Gasteiger partial charge is 0.247 e. The van der Waals surface area contributed by atoms with Gasteiger partial charge in [0.2, 0.25) is 11.8 Å². The number of aromatic nitrogens is 3. The number of fused-ring (bicyclic) bond motifs is 1. The number of carbonyl (C=O) groups excluding carboxylic acids is 2. The zero-order chi connectivity index (χ0) is 25.3. The van der Waals surface area contributed by atoms with E-state index in [2.05, 4.69) is 15.6 Å². The van der Waals surface area contributed by atoms with Gasteiger partial charge >= 0.3 is 0 Å². The van der Waals surface area contributed by atoms with E-state index in [1.54, 1.807) is 16.7 Å². The van der Waals surface area contributed by atoms with Crippen LogP contribution in [0.3, 0.4) is 0 Å². The Morgan fingerprint density at radius 3 is 2.75 bits per heavy atom. The zero-order valence-electron chi connectivity index (χ0n) is 21.1.